The van der Waals surface area contributed by atoms with Crippen LogP contribution in [0.2, 0.25) is 0 Å². The van der Waals surface area contributed by atoms with Crippen molar-refractivity contribution in [2.24, 2.45) is 0 Å². The summed E-state index contributed by atoms with van der Waals surface area (Å²) in [5.74, 6) is 1.17. The van der Waals surface area contributed by atoms with Crippen LogP contribution in [0, 0.1) is 12.3 Å². The molecule has 14 heavy (non-hydrogen) atoms. The molecule has 0 fully saturated rings. The van der Waals surface area contributed by atoms with Crippen LogP contribution in [0.25, 0.3) is 0 Å². The number of hydrogen-bond donors (Lipinski definition) is 1. The quantitative estimate of drug-likeness (QED) is 0.638. The van der Waals surface area contributed by atoms with Crippen LogP contribution >= 0.6 is 0 Å². The summed E-state index contributed by atoms with van der Waals surface area (Å²) in [7, 11) is 0. The van der Waals surface area contributed by atoms with Gasteiger partial charge in [-0.05, 0) is 6.42 Å². The smallest absolute Gasteiger partial charge is 0.323 e. The van der Waals surface area contributed by atoms with Gasteiger partial charge in [0.05, 0.1) is 0 Å². The first kappa shape index (κ1) is 12.5. The van der Waals surface area contributed by atoms with Gasteiger partial charge in [-0.15, -0.1) is 12.3 Å². The highest BCUT2D eigenvalue weighted by Crippen LogP contribution is 1.98. The predicted molar refractivity (Wildman–Crippen MR) is 52.6 cm³/mol. The average Bonchev–Trinajstić information content (AvgIpc) is 2.13. The summed E-state index contributed by atoms with van der Waals surface area (Å²) in [5, 5.41) is 8.55. The zero-order valence-electron chi connectivity index (χ0n) is 8.32. The van der Waals surface area contributed by atoms with Gasteiger partial charge < -0.3 is 10.0 Å². The maximum atomic E-state index is 11.4. The summed E-state index contributed by atoms with van der Waals surface area (Å²) in [4.78, 5) is 23.1. The van der Waals surface area contributed by atoms with Crippen LogP contribution < -0.4 is 0 Å². The van der Waals surface area contributed by atoms with Gasteiger partial charge in [0, 0.05) is 19.4 Å². The van der Waals surface area contributed by atoms with E-state index >= 15 is 0 Å². The zero-order valence-corrected chi connectivity index (χ0v) is 8.32. The standard InChI is InChI=1S/C10H15NO3/c1-3-5-6-9(12)11(7-4-2)8-10(13)14/h1H,4-8H2,2H3,(H,13,14). The zero-order chi connectivity index (χ0) is 11.0. The molecule has 0 saturated carbocycles. The molecular formula is C10H15NO3. The van der Waals surface area contributed by atoms with Gasteiger partial charge in [0.15, 0.2) is 0 Å². The second kappa shape index (κ2) is 6.96. The van der Waals surface area contributed by atoms with Crippen LogP contribution in [-0.4, -0.2) is 35.0 Å². The molecular weight excluding hydrogens is 182 g/mol. The number of carbonyl (C=O) groups is 2. The third kappa shape index (κ3) is 5.20. The van der Waals surface area contributed by atoms with Crippen molar-refractivity contribution in [2.75, 3.05) is 13.1 Å². The predicted octanol–water partition coefficient (Wildman–Crippen LogP) is 0.723. The summed E-state index contributed by atoms with van der Waals surface area (Å²) in [6.45, 7) is 2.12. The van der Waals surface area contributed by atoms with Gasteiger partial charge in [-0.25, -0.2) is 0 Å². The van der Waals surface area contributed by atoms with Crippen molar-refractivity contribution < 1.29 is 14.7 Å². The van der Waals surface area contributed by atoms with Crippen molar-refractivity contribution >= 4 is 11.9 Å². The Bertz CT molecular complexity index is 242. The van der Waals surface area contributed by atoms with Gasteiger partial charge >= 0.3 is 5.97 Å². The highest BCUT2D eigenvalue weighted by atomic mass is 16.4. The number of carboxylic acid groups (broad SMARTS) is 1. The van der Waals surface area contributed by atoms with Gasteiger partial charge in [-0.3, -0.25) is 9.59 Å². The highest BCUT2D eigenvalue weighted by Gasteiger charge is 2.14. The molecule has 0 aliphatic heterocycles. The topological polar surface area (TPSA) is 57.6 Å². The lowest BCUT2D eigenvalue weighted by atomic mass is 10.2. The molecule has 0 aliphatic carbocycles. The molecule has 4 nitrogen and oxygen atoms in total. The van der Waals surface area contributed by atoms with Crippen LogP contribution in [0.15, 0.2) is 0 Å². The summed E-state index contributed by atoms with van der Waals surface area (Å²) in [6, 6.07) is 0. The van der Waals surface area contributed by atoms with Crippen molar-refractivity contribution in [2.45, 2.75) is 26.2 Å². The van der Waals surface area contributed by atoms with E-state index in [1.807, 2.05) is 6.92 Å². The Morgan fingerprint density at radius 3 is 2.57 bits per heavy atom. The first-order chi connectivity index (χ1) is 6.61. The number of carboxylic acids is 1. The highest BCUT2D eigenvalue weighted by molar-refractivity contribution is 5.81. The second-order valence-corrected chi connectivity index (χ2v) is 2.91. The molecule has 4 heteroatoms. The van der Waals surface area contributed by atoms with Crippen LogP contribution in [0.3, 0.4) is 0 Å². The van der Waals surface area contributed by atoms with E-state index in [0.29, 0.717) is 13.0 Å². The number of nitrogens with zero attached hydrogens (tertiary/aromatic N) is 1. The number of carbonyl (C=O) groups excluding carboxylic acids is 1. The third-order valence-corrected chi connectivity index (χ3v) is 1.66. The molecule has 0 aromatic carbocycles. The molecule has 0 aliphatic rings. The van der Waals surface area contributed by atoms with Gasteiger partial charge in [0.1, 0.15) is 6.54 Å². The van der Waals surface area contributed by atoms with E-state index in [4.69, 9.17) is 11.5 Å². The summed E-state index contributed by atoms with van der Waals surface area (Å²) < 4.78 is 0. The number of aliphatic carboxylic acids is 1. The van der Waals surface area contributed by atoms with Crippen molar-refractivity contribution in [3.8, 4) is 12.3 Å². The molecule has 0 heterocycles. The molecule has 78 valence electrons. The fourth-order valence-corrected chi connectivity index (χ4v) is 1.06. The Hall–Kier alpha value is -1.50. The van der Waals surface area contributed by atoms with E-state index in [2.05, 4.69) is 5.92 Å². The Morgan fingerprint density at radius 1 is 1.50 bits per heavy atom. The van der Waals surface area contributed by atoms with E-state index in [0.717, 1.165) is 6.42 Å². The van der Waals surface area contributed by atoms with E-state index in [9.17, 15) is 9.59 Å². The molecule has 0 spiro atoms. The number of amides is 1. The first-order valence-corrected chi connectivity index (χ1v) is 4.54. The maximum Gasteiger partial charge on any atom is 0.323 e. The van der Waals surface area contributed by atoms with Crippen LogP contribution in [-0.2, 0) is 9.59 Å². The fourth-order valence-electron chi connectivity index (χ4n) is 1.06. The van der Waals surface area contributed by atoms with Crippen molar-refractivity contribution in [1.29, 1.82) is 0 Å². The summed E-state index contributed by atoms with van der Waals surface area (Å²) in [6.07, 6.45) is 6.35. The van der Waals surface area contributed by atoms with Crippen LogP contribution in [0.5, 0.6) is 0 Å². The first-order valence-electron chi connectivity index (χ1n) is 4.54. The largest absolute Gasteiger partial charge is 0.480 e. The normalized spacial score (nSPS) is 9.14. The minimum absolute atomic E-state index is 0.188. The number of terminal acetylenes is 1. The lowest BCUT2D eigenvalue weighted by molar-refractivity contribution is -0.144. The average molecular weight is 197 g/mol. The van der Waals surface area contributed by atoms with E-state index in [1.54, 1.807) is 0 Å². The molecule has 0 radical (unpaired) electrons. The maximum absolute atomic E-state index is 11.4. The Kier molecular flexibility index (Phi) is 6.21. The fraction of sp³-hybridized carbons (Fsp3) is 0.600. The Morgan fingerprint density at radius 2 is 2.14 bits per heavy atom. The molecule has 0 bridgehead atoms. The van der Waals surface area contributed by atoms with Crippen molar-refractivity contribution in [3.63, 3.8) is 0 Å². The SMILES string of the molecule is C#CCCC(=O)N(CCC)CC(=O)O. The number of hydrogen-bond acceptors (Lipinski definition) is 2. The Labute approximate surface area is 83.9 Å². The molecule has 0 aromatic heterocycles. The second-order valence-electron chi connectivity index (χ2n) is 2.91. The molecule has 0 aromatic rings. The lowest BCUT2D eigenvalue weighted by Gasteiger charge is -2.19. The Balaban J connectivity index is 4.11. The summed E-state index contributed by atoms with van der Waals surface area (Å²) >= 11 is 0. The minimum Gasteiger partial charge on any atom is -0.480 e. The monoisotopic (exact) mass is 197 g/mol. The van der Waals surface area contributed by atoms with E-state index in [-0.39, 0.29) is 18.9 Å². The number of rotatable bonds is 6. The molecule has 0 atom stereocenters. The van der Waals surface area contributed by atoms with Gasteiger partial charge in [-0.2, -0.15) is 0 Å². The lowest BCUT2D eigenvalue weighted by Crippen LogP contribution is -2.36. The van der Waals surface area contributed by atoms with Crippen LogP contribution in [0.4, 0.5) is 0 Å². The minimum atomic E-state index is -0.993. The molecule has 0 saturated heterocycles. The molecule has 0 rings (SSSR count). The molecule has 0 unspecified atom stereocenters. The van der Waals surface area contributed by atoms with Gasteiger partial charge in [-0.1, -0.05) is 6.92 Å². The van der Waals surface area contributed by atoms with Crippen molar-refractivity contribution in [3.05, 3.63) is 0 Å². The van der Waals surface area contributed by atoms with Gasteiger partial charge in [0.2, 0.25) is 5.91 Å². The van der Waals surface area contributed by atoms with Crippen molar-refractivity contribution in [1.82, 2.24) is 4.90 Å². The molecule has 1 N–H and O–H groups in total. The van der Waals surface area contributed by atoms with Gasteiger partial charge in [0.25, 0.3) is 0 Å². The third-order valence-electron chi connectivity index (χ3n) is 1.66. The van der Waals surface area contributed by atoms with E-state index in [1.165, 1.54) is 4.90 Å². The molecule has 1 amide bonds. The van der Waals surface area contributed by atoms with Crippen LogP contribution in [0.1, 0.15) is 26.2 Å². The van der Waals surface area contributed by atoms with E-state index < -0.39 is 5.97 Å². The summed E-state index contributed by atoms with van der Waals surface area (Å²) in [5.41, 5.74) is 0.